The first-order valence-corrected chi connectivity index (χ1v) is 8.75. The number of amides is 1. The molecule has 1 amide bonds. The van der Waals surface area contributed by atoms with Crippen molar-refractivity contribution in [3.63, 3.8) is 0 Å². The Morgan fingerprint density at radius 1 is 1.24 bits per heavy atom. The zero-order chi connectivity index (χ0) is 17.4. The van der Waals surface area contributed by atoms with Crippen molar-refractivity contribution in [1.29, 1.82) is 0 Å². The van der Waals surface area contributed by atoms with Crippen molar-refractivity contribution >= 4 is 46.0 Å². The number of nitrogens with zero attached hydrogens (tertiary/aromatic N) is 3. The first-order chi connectivity index (χ1) is 12.1. The number of furan rings is 1. The van der Waals surface area contributed by atoms with Crippen LogP contribution in [0.2, 0.25) is 10.0 Å². The van der Waals surface area contributed by atoms with Crippen molar-refractivity contribution in [3.05, 3.63) is 46.4 Å². The van der Waals surface area contributed by atoms with Gasteiger partial charge in [0.15, 0.2) is 5.58 Å². The summed E-state index contributed by atoms with van der Waals surface area (Å²) in [4.78, 5) is 24.0. The Labute approximate surface area is 154 Å². The van der Waals surface area contributed by atoms with E-state index in [1.807, 2.05) is 11.0 Å². The van der Waals surface area contributed by atoms with Gasteiger partial charge in [-0.2, -0.15) is 0 Å². The van der Waals surface area contributed by atoms with Crippen molar-refractivity contribution in [3.8, 4) is 0 Å². The molecule has 3 aromatic rings. The molecule has 0 spiro atoms. The Morgan fingerprint density at radius 2 is 2.04 bits per heavy atom. The second kappa shape index (κ2) is 6.61. The normalized spacial score (nSPS) is 15.1. The fraction of sp³-hybridized carbons (Fsp3) is 0.294. The van der Waals surface area contributed by atoms with Gasteiger partial charge in [-0.3, -0.25) is 4.79 Å². The van der Waals surface area contributed by atoms with E-state index < -0.39 is 0 Å². The molecular weight excluding hydrogens is 363 g/mol. The second-order valence-electron chi connectivity index (χ2n) is 5.96. The maximum absolute atomic E-state index is 12.6. The van der Waals surface area contributed by atoms with Crippen molar-refractivity contribution in [1.82, 2.24) is 14.9 Å². The molecule has 0 aliphatic carbocycles. The third-order valence-electron chi connectivity index (χ3n) is 4.47. The van der Waals surface area contributed by atoms with Crippen LogP contribution in [0.4, 0.5) is 5.95 Å². The van der Waals surface area contributed by atoms with Crippen LogP contribution in [-0.4, -0.2) is 47.0 Å². The average molecular weight is 379 g/mol. The van der Waals surface area contributed by atoms with E-state index >= 15 is 0 Å². The van der Waals surface area contributed by atoms with E-state index in [2.05, 4.69) is 14.9 Å². The summed E-state index contributed by atoms with van der Waals surface area (Å²) in [5.41, 5.74) is 1.35. The van der Waals surface area contributed by atoms with E-state index in [-0.39, 0.29) is 12.3 Å². The van der Waals surface area contributed by atoms with E-state index in [0.29, 0.717) is 28.7 Å². The number of imidazole rings is 1. The molecule has 1 aromatic carbocycles. The van der Waals surface area contributed by atoms with Crippen molar-refractivity contribution in [2.45, 2.75) is 6.42 Å². The Bertz CT molecular complexity index is 899. The van der Waals surface area contributed by atoms with Gasteiger partial charge in [0.2, 0.25) is 11.9 Å². The van der Waals surface area contributed by atoms with Crippen molar-refractivity contribution in [2.75, 3.05) is 31.1 Å². The molecule has 4 rings (SSSR count). The summed E-state index contributed by atoms with van der Waals surface area (Å²) in [6.45, 7) is 2.85. The minimum atomic E-state index is 0.0767. The predicted octanol–water partition coefficient (Wildman–Crippen LogP) is 3.35. The highest BCUT2D eigenvalue weighted by Gasteiger charge is 2.23. The minimum absolute atomic E-state index is 0.0767. The number of carbonyl (C=O) groups excluding carboxylic acids is 1. The number of carbonyl (C=O) groups is 1. The molecule has 1 fully saturated rings. The van der Waals surface area contributed by atoms with Crippen molar-refractivity contribution < 1.29 is 9.21 Å². The first-order valence-electron chi connectivity index (χ1n) is 7.99. The number of rotatable bonds is 3. The van der Waals surface area contributed by atoms with Gasteiger partial charge in [0.05, 0.1) is 17.7 Å². The fourth-order valence-electron chi connectivity index (χ4n) is 3.10. The molecule has 1 aliphatic heterocycles. The summed E-state index contributed by atoms with van der Waals surface area (Å²) in [5.74, 6) is 0.923. The molecule has 0 atom stereocenters. The van der Waals surface area contributed by atoms with Crippen LogP contribution in [0.1, 0.15) is 5.56 Å². The summed E-state index contributed by atoms with van der Waals surface area (Å²) in [5, 5.41) is 1.65. The number of halogens is 2. The second-order valence-corrected chi connectivity index (χ2v) is 6.74. The Kier molecular flexibility index (Phi) is 4.31. The number of anilines is 1. The van der Waals surface area contributed by atoms with Gasteiger partial charge in [0, 0.05) is 49.5 Å². The standard InChI is InChI=1S/C17H16Cl2N4O2/c18-13-2-1-12-11(10-25-16(12)15(13)19)9-14(24)22-5-7-23(8-6-22)17-20-3-4-21-17/h1-4,10H,5-9H2,(H,20,21). The molecule has 2 aromatic heterocycles. The SMILES string of the molecule is O=C(Cc1coc2c(Cl)c(Cl)ccc12)N1CCN(c2ncc[nH]2)CC1. The van der Waals surface area contributed by atoms with E-state index in [1.54, 1.807) is 24.7 Å². The number of H-pyrrole nitrogens is 1. The van der Waals surface area contributed by atoms with Crippen LogP contribution >= 0.6 is 23.2 Å². The largest absolute Gasteiger partial charge is 0.462 e. The van der Waals surface area contributed by atoms with Gasteiger partial charge in [-0.15, -0.1) is 0 Å². The highest BCUT2D eigenvalue weighted by atomic mass is 35.5. The molecular formula is C17H16Cl2N4O2. The van der Waals surface area contributed by atoms with Crippen LogP contribution in [0.3, 0.4) is 0 Å². The van der Waals surface area contributed by atoms with Crippen LogP contribution in [0.25, 0.3) is 11.0 Å². The topological polar surface area (TPSA) is 65.4 Å². The molecule has 3 heterocycles. The molecule has 0 saturated carbocycles. The molecule has 1 N–H and O–H groups in total. The van der Waals surface area contributed by atoms with Gasteiger partial charge in [-0.25, -0.2) is 4.98 Å². The number of nitrogens with one attached hydrogen (secondary N) is 1. The Balaban J connectivity index is 1.44. The van der Waals surface area contributed by atoms with Crippen LogP contribution in [0.15, 0.2) is 35.2 Å². The van der Waals surface area contributed by atoms with Gasteiger partial charge >= 0.3 is 0 Å². The van der Waals surface area contributed by atoms with Crippen LogP contribution in [0, 0.1) is 0 Å². The molecule has 1 aliphatic rings. The van der Waals surface area contributed by atoms with E-state index in [4.69, 9.17) is 27.6 Å². The van der Waals surface area contributed by atoms with Gasteiger partial charge in [-0.05, 0) is 12.1 Å². The molecule has 0 bridgehead atoms. The smallest absolute Gasteiger partial charge is 0.227 e. The van der Waals surface area contributed by atoms with Crippen LogP contribution in [-0.2, 0) is 11.2 Å². The summed E-state index contributed by atoms with van der Waals surface area (Å²) >= 11 is 12.2. The lowest BCUT2D eigenvalue weighted by molar-refractivity contribution is -0.130. The lowest BCUT2D eigenvalue weighted by Crippen LogP contribution is -2.49. The fourth-order valence-corrected chi connectivity index (χ4v) is 3.46. The van der Waals surface area contributed by atoms with Gasteiger partial charge in [0.1, 0.15) is 5.02 Å². The highest BCUT2D eigenvalue weighted by molar-refractivity contribution is 6.44. The average Bonchev–Trinajstić information content (AvgIpc) is 3.29. The summed E-state index contributed by atoms with van der Waals surface area (Å²) in [6, 6.07) is 3.56. The van der Waals surface area contributed by atoms with Gasteiger partial charge < -0.3 is 19.2 Å². The highest BCUT2D eigenvalue weighted by Crippen LogP contribution is 2.33. The van der Waals surface area contributed by atoms with E-state index in [9.17, 15) is 4.79 Å². The number of aromatic amines is 1. The summed E-state index contributed by atoms with van der Waals surface area (Å²) in [6.07, 6.45) is 5.40. The molecule has 1 saturated heterocycles. The Hall–Kier alpha value is -2.18. The molecule has 0 radical (unpaired) electrons. The number of piperazine rings is 1. The van der Waals surface area contributed by atoms with E-state index in [1.165, 1.54) is 0 Å². The minimum Gasteiger partial charge on any atom is -0.462 e. The number of benzene rings is 1. The zero-order valence-corrected chi connectivity index (χ0v) is 14.8. The third-order valence-corrected chi connectivity index (χ3v) is 5.26. The molecule has 25 heavy (non-hydrogen) atoms. The number of fused-ring (bicyclic) bond motifs is 1. The lowest BCUT2D eigenvalue weighted by atomic mass is 10.1. The first kappa shape index (κ1) is 16.3. The molecule has 130 valence electrons. The Morgan fingerprint density at radius 3 is 2.76 bits per heavy atom. The van der Waals surface area contributed by atoms with Crippen LogP contribution < -0.4 is 4.90 Å². The molecule has 8 heteroatoms. The number of hydrogen-bond acceptors (Lipinski definition) is 4. The molecule has 0 unspecified atom stereocenters. The van der Waals surface area contributed by atoms with Gasteiger partial charge in [0.25, 0.3) is 0 Å². The number of hydrogen-bond donors (Lipinski definition) is 1. The quantitative estimate of drug-likeness (QED) is 0.758. The lowest BCUT2D eigenvalue weighted by Gasteiger charge is -2.34. The van der Waals surface area contributed by atoms with Crippen molar-refractivity contribution in [2.24, 2.45) is 0 Å². The maximum Gasteiger partial charge on any atom is 0.227 e. The predicted molar refractivity (Wildman–Crippen MR) is 97.3 cm³/mol. The van der Waals surface area contributed by atoms with Gasteiger partial charge in [-0.1, -0.05) is 23.2 Å². The number of aromatic nitrogens is 2. The van der Waals surface area contributed by atoms with E-state index in [0.717, 1.165) is 30.0 Å². The zero-order valence-electron chi connectivity index (χ0n) is 13.3. The summed E-state index contributed by atoms with van der Waals surface area (Å²) in [7, 11) is 0. The maximum atomic E-state index is 12.6. The monoisotopic (exact) mass is 378 g/mol. The molecule has 6 nitrogen and oxygen atoms in total. The third kappa shape index (κ3) is 3.07. The summed E-state index contributed by atoms with van der Waals surface area (Å²) < 4.78 is 5.51. The van der Waals surface area contributed by atoms with Crippen LogP contribution in [0.5, 0.6) is 0 Å².